The van der Waals surface area contributed by atoms with Gasteiger partial charge in [0, 0.05) is 13.0 Å². The van der Waals surface area contributed by atoms with Crippen molar-refractivity contribution in [2.24, 2.45) is 5.73 Å². The molecular weight excluding hydrogens is 180 g/mol. The van der Waals surface area contributed by atoms with Crippen LogP contribution in [0.15, 0.2) is 0 Å². The molecule has 0 saturated heterocycles. The lowest BCUT2D eigenvalue weighted by Gasteiger charge is -2.36. The molecule has 14 heavy (non-hydrogen) atoms. The molecule has 0 radical (unpaired) electrons. The number of nitrogens with two attached hydrogens (primary N) is 1. The number of aliphatic hydroxyl groups is 1. The first kappa shape index (κ1) is 11.0. The summed E-state index contributed by atoms with van der Waals surface area (Å²) in [6.07, 6.45) is 7.77. The van der Waals surface area contributed by atoms with Crippen LogP contribution in [0.4, 0.5) is 0 Å². The predicted octanol–water partition coefficient (Wildman–Crippen LogP) is -0.632. The first-order valence-corrected chi connectivity index (χ1v) is 4.76. The van der Waals surface area contributed by atoms with E-state index < -0.39 is 11.6 Å². The summed E-state index contributed by atoms with van der Waals surface area (Å²) in [7, 11) is 0. The van der Waals surface area contributed by atoms with E-state index in [1.807, 2.05) is 0 Å². The molecular formula is C10H16N2O2. The SMILES string of the molecule is C#CCC(N)C(=O)NCC1(O)CCC1. The molecule has 0 bridgehead atoms. The lowest BCUT2D eigenvalue weighted by molar-refractivity contribution is -0.124. The Bertz CT molecular complexity index is 253. The summed E-state index contributed by atoms with van der Waals surface area (Å²) in [6.45, 7) is 0.282. The van der Waals surface area contributed by atoms with E-state index in [0.29, 0.717) is 0 Å². The molecule has 0 aliphatic heterocycles. The van der Waals surface area contributed by atoms with Crippen molar-refractivity contribution in [2.75, 3.05) is 6.54 Å². The Morgan fingerprint density at radius 3 is 2.79 bits per heavy atom. The molecule has 4 N–H and O–H groups in total. The molecule has 1 saturated carbocycles. The highest BCUT2D eigenvalue weighted by Crippen LogP contribution is 2.30. The van der Waals surface area contributed by atoms with Crippen LogP contribution in [-0.2, 0) is 4.79 Å². The Kier molecular flexibility index (Phi) is 3.50. The Morgan fingerprint density at radius 1 is 1.71 bits per heavy atom. The fraction of sp³-hybridized carbons (Fsp3) is 0.700. The van der Waals surface area contributed by atoms with Gasteiger partial charge in [-0.1, -0.05) is 0 Å². The number of terminal acetylenes is 1. The number of nitrogens with one attached hydrogen (secondary N) is 1. The molecule has 0 spiro atoms. The number of hydrogen-bond acceptors (Lipinski definition) is 3. The average Bonchev–Trinajstić information content (AvgIpc) is 2.11. The van der Waals surface area contributed by atoms with E-state index in [1.54, 1.807) is 0 Å². The van der Waals surface area contributed by atoms with Crippen LogP contribution in [0.1, 0.15) is 25.7 Å². The van der Waals surface area contributed by atoms with Gasteiger partial charge in [-0.05, 0) is 19.3 Å². The molecule has 78 valence electrons. The van der Waals surface area contributed by atoms with Gasteiger partial charge in [-0.15, -0.1) is 12.3 Å². The standard InChI is InChI=1S/C10H16N2O2/c1-2-4-8(11)9(13)12-7-10(14)5-3-6-10/h1,8,14H,3-7,11H2,(H,12,13). The Morgan fingerprint density at radius 2 is 2.36 bits per heavy atom. The minimum Gasteiger partial charge on any atom is -0.388 e. The third-order valence-corrected chi connectivity index (χ3v) is 2.55. The van der Waals surface area contributed by atoms with Crippen molar-refractivity contribution in [1.29, 1.82) is 0 Å². The Labute approximate surface area is 83.9 Å². The molecule has 1 aliphatic rings. The second kappa shape index (κ2) is 4.45. The lowest BCUT2D eigenvalue weighted by atomic mass is 9.80. The van der Waals surface area contributed by atoms with E-state index in [0.717, 1.165) is 19.3 Å². The third kappa shape index (κ3) is 2.72. The van der Waals surface area contributed by atoms with Gasteiger partial charge >= 0.3 is 0 Å². The Balaban J connectivity index is 2.24. The highest BCUT2D eigenvalue weighted by Gasteiger charge is 2.34. The lowest BCUT2D eigenvalue weighted by Crippen LogP contribution is -2.51. The van der Waals surface area contributed by atoms with Gasteiger partial charge in [0.1, 0.15) is 0 Å². The molecule has 0 aromatic rings. The van der Waals surface area contributed by atoms with Crippen LogP contribution in [0, 0.1) is 12.3 Å². The zero-order valence-corrected chi connectivity index (χ0v) is 8.12. The van der Waals surface area contributed by atoms with Gasteiger partial charge in [0.05, 0.1) is 11.6 Å². The van der Waals surface area contributed by atoms with Gasteiger partial charge in [0.2, 0.25) is 5.91 Å². The van der Waals surface area contributed by atoms with Crippen LogP contribution in [0.25, 0.3) is 0 Å². The molecule has 1 amide bonds. The number of carbonyl (C=O) groups excluding carboxylic acids is 1. The zero-order valence-electron chi connectivity index (χ0n) is 8.12. The summed E-state index contributed by atoms with van der Waals surface area (Å²) < 4.78 is 0. The fourth-order valence-corrected chi connectivity index (χ4v) is 1.36. The average molecular weight is 196 g/mol. The number of carbonyl (C=O) groups is 1. The molecule has 1 aliphatic carbocycles. The van der Waals surface area contributed by atoms with Crippen LogP contribution >= 0.6 is 0 Å². The first-order valence-electron chi connectivity index (χ1n) is 4.76. The van der Waals surface area contributed by atoms with Crippen molar-refractivity contribution < 1.29 is 9.90 Å². The number of amides is 1. The van der Waals surface area contributed by atoms with Gasteiger partial charge in [0.15, 0.2) is 0 Å². The van der Waals surface area contributed by atoms with Gasteiger partial charge < -0.3 is 16.2 Å². The molecule has 1 atom stereocenters. The summed E-state index contributed by atoms with van der Waals surface area (Å²) in [5.74, 6) is 2.04. The molecule has 1 fully saturated rings. The normalized spacial score (nSPS) is 20.4. The summed E-state index contributed by atoms with van der Waals surface area (Å²) >= 11 is 0. The minimum absolute atomic E-state index is 0.226. The van der Waals surface area contributed by atoms with Crippen LogP contribution in [0.5, 0.6) is 0 Å². The first-order chi connectivity index (χ1) is 6.57. The molecule has 0 heterocycles. The fourth-order valence-electron chi connectivity index (χ4n) is 1.36. The van der Waals surface area contributed by atoms with Crippen LogP contribution < -0.4 is 11.1 Å². The van der Waals surface area contributed by atoms with Crippen LogP contribution in [-0.4, -0.2) is 29.2 Å². The zero-order chi connectivity index (χ0) is 10.6. The third-order valence-electron chi connectivity index (χ3n) is 2.55. The predicted molar refractivity (Wildman–Crippen MR) is 53.2 cm³/mol. The quantitative estimate of drug-likeness (QED) is 0.524. The minimum atomic E-state index is -0.703. The molecule has 1 rings (SSSR count). The van der Waals surface area contributed by atoms with Gasteiger partial charge in [-0.2, -0.15) is 0 Å². The van der Waals surface area contributed by atoms with E-state index in [-0.39, 0.29) is 18.9 Å². The van der Waals surface area contributed by atoms with Crippen LogP contribution in [0.3, 0.4) is 0 Å². The van der Waals surface area contributed by atoms with Crippen molar-refractivity contribution in [1.82, 2.24) is 5.32 Å². The molecule has 0 aromatic heterocycles. The second-order valence-electron chi connectivity index (χ2n) is 3.81. The van der Waals surface area contributed by atoms with E-state index in [9.17, 15) is 9.90 Å². The highest BCUT2D eigenvalue weighted by molar-refractivity contribution is 5.81. The van der Waals surface area contributed by atoms with Gasteiger partial charge in [-0.25, -0.2) is 0 Å². The smallest absolute Gasteiger partial charge is 0.238 e. The maximum Gasteiger partial charge on any atom is 0.238 e. The summed E-state index contributed by atoms with van der Waals surface area (Å²) in [4.78, 5) is 11.3. The second-order valence-corrected chi connectivity index (χ2v) is 3.81. The summed E-state index contributed by atoms with van der Waals surface area (Å²) in [6, 6.07) is -0.663. The van der Waals surface area contributed by atoms with E-state index in [2.05, 4.69) is 11.2 Å². The summed E-state index contributed by atoms with van der Waals surface area (Å²) in [5, 5.41) is 12.3. The monoisotopic (exact) mass is 196 g/mol. The van der Waals surface area contributed by atoms with Crippen molar-refractivity contribution >= 4 is 5.91 Å². The van der Waals surface area contributed by atoms with E-state index >= 15 is 0 Å². The summed E-state index contributed by atoms with van der Waals surface area (Å²) in [5.41, 5.74) is 4.78. The van der Waals surface area contributed by atoms with Crippen LogP contribution in [0.2, 0.25) is 0 Å². The van der Waals surface area contributed by atoms with E-state index in [1.165, 1.54) is 0 Å². The maximum absolute atomic E-state index is 11.3. The molecule has 4 nitrogen and oxygen atoms in total. The van der Waals surface area contributed by atoms with Gasteiger partial charge in [0.25, 0.3) is 0 Å². The van der Waals surface area contributed by atoms with Crippen molar-refractivity contribution in [2.45, 2.75) is 37.3 Å². The van der Waals surface area contributed by atoms with Crippen molar-refractivity contribution in [3.8, 4) is 12.3 Å². The van der Waals surface area contributed by atoms with Crippen molar-refractivity contribution in [3.05, 3.63) is 0 Å². The largest absolute Gasteiger partial charge is 0.388 e. The van der Waals surface area contributed by atoms with E-state index in [4.69, 9.17) is 12.2 Å². The maximum atomic E-state index is 11.3. The highest BCUT2D eigenvalue weighted by atomic mass is 16.3. The Hall–Kier alpha value is -1.05. The number of hydrogen-bond donors (Lipinski definition) is 3. The molecule has 0 aromatic carbocycles. The van der Waals surface area contributed by atoms with Crippen molar-refractivity contribution in [3.63, 3.8) is 0 Å². The number of rotatable bonds is 4. The molecule has 4 heteroatoms. The van der Waals surface area contributed by atoms with Gasteiger partial charge in [-0.3, -0.25) is 4.79 Å². The topological polar surface area (TPSA) is 75.4 Å². The molecule has 1 unspecified atom stereocenters.